The number of hydrogen-bond donors (Lipinski definition) is 1. The predicted molar refractivity (Wildman–Crippen MR) is 66.7 cm³/mol. The lowest BCUT2D eigenvalue weighted by molar-refractivity contribution is -0.0502. The molecule has 1 N–H and O–H groups in total. The van der Waals surface area contributed by atoms with Crippen LogP contribution in [0.1, 0.15) is 33.6 Å². The maximum atomic E-state index is 5.53. The molecule has 3 nitrogen and oxygen atoms in total. The van der Waals surface area contributed by atoms with Crippen molar-refractivity contribution in [2.75, 3.05) is 32.8 Å². The summed E-state index contributed by atoms with van der Waals surface area (Å²) in [6.45, 7) is 12.0. The highest BCUT2D eigenvalue weighted by atomic mass is 16.5. The molecule has 1 aliphatic carbocycles. The highest BCUT2D eigenvalue weighted by Gasteiger charge is 2.31. The fourth-order valence-corrected chi connectivity index (χ4v) is 2.50. The molecular weight excluding hydrogens is 200 g/mol. The van der Waals surface area contributed by atoms with Gasteiger partial charge in [0, 0.05) is 31.2 Å². The minimum atomic E-state index is 0.211. The van der Waals surface area contributed by atoms with E-state index >= 15 is 0 Å². The Balaban J connectivity index is 1.67. The van der Waals surface area contributed by atoms with Gasteiger partial charge >= 0.3 is 0 Å². The van der Waals surface area contributed by atoms with Crippen LogP contribution in [0.15, 0.2) is 0 Å². The van der Waals surface area contributed by atoms with Gasteiger partial charge in [0.15, 0.2) is 0 Å². The van der Waals surface area contributed by atoms with Crippen molar-refractivity contribution in [3.05, 3.63) is 0 Å². The molecule has 3 heteroatoms. The topological polar surface area (TPSA) is 24.5 Å². The summed E-state index contributed by atoms with van der Waals surface area (Å²) in [4.78, 5) is 2.54. The molecule has 0 spiro atoms. The van der Waals surface area contributed by atoms with E-state index in [0.29, 0.717) is 6.04 Å². The second kappa shape index (κ2) is 5.03. The molecule has 2 rings (SSSR count). The van der Waals surface area contributed by atoms with Gasteiger partial charge in [-0.15, -0.1) is 0 Å². The summed E-state index contributed by atoms with van der Waals surface area (Å²) in [5.74, 6) is 0.956. The predicted octanol–water partition coefficient (Wildman–Crippen LogP) is 1.49. The lowest BCUT2D eigenvalue weighted by Crippen LogP contribution is -2.54. The van der Waals surface area contributed by atoms with Crippen LogP contribution in [-0.4, -0.2) is 49.3 Å². The maximum absolute atomic E-state index is 5.53. The SMILES string of the molecule is CC(NCCN1CCOCC1(C)C)C1CC1. The van der Waals surface area contributed by atoms with Gasteiger partial charge < -0.3 is 10.1 Å². The molecule has 0 radical (unpaired) electrons. The van der Waals surface area contributed by atoms with Gasteiger partial charge in [0.1, 0.15) is 0 Å². The number of hydrogen-bond acceptors (Lipinski definition) is 3. The zero-order valence-electron chi connectivity index (χ0n) is 11.0. The van der Waals surface area contributed by atoms with Gasteiger partial charge in [-0.1, -0.05) is 0 Å². The van der Waals surface area contributed by atoms with E-state index in [1.165, 1.54) is 12.8 Å². The zero-order valence-corrected chi connectivity index (χ0v) is 11.0. The summed E-state index contributed by atoms with van der Waals surface area (Å²) < 4.78 is 5.53. The molecule has 2 aliphatic rings. The molecule has 0 bridgehead atoms. The highest BCUT2D eigenvalue weighted by Crippen LogP contribution is 2.32. The van der Waals surface area contributed by atoms with E-state index in [4.69, 9.17) is 4.74 Å². The molecule has 0 amide bonds. The number of rotatable bonds is 5. The number of nitrogens with zero attached hydrogens (tertiary/aromatic N) is 1. The first kappa shape index (κ1) is 12.3. The summed E-state index contributed by atoms with van der Waals surface area (Å²) in [6.07, 6.45) is 2.86. The van der Waals surface area contributed by atoms with Gasteiger partial charge in [-0.05, 0) is 39.5 Å². The molecule has 1 saturated carbocycles. The Kier molecular flexibility index (Phi) is 3.88. The van der Waals surface area contributed by atoms with Crippen molar-refractivity contribution in [2.24, 2.45) is 5.92 Å². The summed E-state index contributed by atoms with van der Waals surface area (Å²) in [6, 6.07) is 0.712. The smallest absolute Gasteiger partial charge is 0.0645 e. The first-order chi connectivity index (χ1) is 7.59. The van der Waals surface area contributed by atoms with Crippen LogP contribution in [0, 0.1) is 5.92 Å². The molecule has 0 aromatic rings. The van der Waals surface area contributed by atoms with Crippen molar-refractivity contribution < 1.29 is 4.74 Å². The van der Waals surface area contributed by atoms with E-state index in [9.17, 15) is 0 Å². The van der Waals surface area contributed by atoms with Crippen LogP contribution in [0.2, 0.25) is 0 Å². The monoisotopic (exact) mass is 226 g/mol. The van der Waals surface area contributed by atoms with Crippen molar-refractivity contribution >= 4 is 0 Å². The first-order valence-corrected chi connectivity index (χ1v) is 6.66. The van der Waals surface area contributed by atoms with E-state index in [-0.39, 0.29) is 5.54 Å². The molecule has 94 valence electrons. The molecule has 1 unspecified atom stereocenters. The molecule has 0 aromatic heterocycles. The van der Waals surface area contributed by atoms with Gasteiger partial charge in [0.2, 0.25) is 0 Å². The fraction of sp³-hybridized carbons (Fsp3) is 1.00. The lowest BCUT2D eigenvalue weighted by Gasteiger charge is -2.42. The average Bonchev–Trinajstić information content (AvgIpc) is 3.03. The largest absolute Gasteiger partial charge is 0.378 e. The average molecular weight is 226 g/mol. The maximum Gasteiger partial charge on any atom is 0.0645 e. The van der Waals surface area contributed by atoms with Crippen molar-refractivity contribution in [1.29, 1.82) is 0 Å². The van der Waals surface area contributed by atoms with Crippen LogP contribution in [0.4, 0.5) is 0 Å². The van der Waals surface area contributed by atoms with Gasteiger partial charge in [-0.25, -0.2) is 0 Å². The van der Waals surface area contributed by atoms with Crippen LogP contribution < -0.4 is 5.32 Å². The van der Waals surface area contributed by atoms with Gasteiger partial charge in [0.25, 0.3) is 0 Å². The molecule has 1 atom stereocenters. The minimum Gasteiger partial charge on any atom is -0.378 e. The first-order valence-electron chi connectivity index (χ1n) is 6.66. The van der Waals surface area contributed by atoms with Crippen LogP contribution in [-0.2, 0) is 4.74 Å². The molecule has 1 saturated heterocycles. The normalized spacial score (nSPS) is 27.9. The van der Waals surface area contributed by atoms with E-state index in [2.05, 4.69) is 31.0 Å². The van der Waals surface area contributed by atoms with E-state index in [0.717, 1.165) is 38.8 Å². The van der Waals surface area contributed by atoms with Crippen molar-refractivity contribution in [2.45, 2.75) is 45.2 Å². The van der Waals surface area contributed by atoms with Gasteiger partial charge in [-0.2, -0.15) is 0 Å². The zero-order chi connectivity index (χ0) is 11.6. The molecule has 0 aromatic carbocycles. The Bertz CT molecular complexity index is 226. The minimum absolute atomic E-state index is 0.211. The van der Waals surface area contributed by atoms with Gasteiger partial charge in [-0.3, -0.25) is 4.90 Å². The fourth-order valence-electron chi connectivity index (χ4n) is 2.50. The van der Waals surface area contributed by atoms with Crippen molar-refractivity contribution in [3.63, 3.8) is 0 Å². The van der Waals surface area contributed by atoms with Gasteiger partial charge in [0.05, 0.1) is 13.2 Å². The third-order valence-corrected chi connectivity index (χ3v) is 3.99. The van der Waals surface area contributed by atoms with E-state index < -0.39 is 0 Å². The summed E-state index contributed by atoms with van der Waals surface area (Å²) in [5.41, 5.74) is 0.211. The number of morpholine rings is 1. The number of ether oxygens (including phenoxy) is 1. The Hall–Kier alpha value is -0.120. The standard InChI is InChI=1S/C13H26N2O/c1-11(12-4-5-12)14-6-7-15-8-9-16-10-13(15,2)3/h11-12,14H,4-10H2,1-3H3. The highest BCUT2D eigenvalue weighted by molar-refractivity contribution is 4.86. The molecule has 16 heavy (non-hydrogen) atoms. The van der Waals surface area contributed by atoms with Crippen LogP contribution in [0.5, 0.6) is 0 Å². The molecular formula is C13H26N2O. The summed E-state index contributed by atoms with van der Waals surface area (Å²) >= 11 is 0. The summed E-state index contributed by atoms with van der Waals surface area (Å²) in [7, 11) is 0. The number of nitrogens with one attached hydrogen (secondary N) is 1. The second-order valence-corrected chi connectivity index (χ2v) is 5.93. The quantitative estimate of drug-likeness (QED) is 0.768. The van der Waals surface area contributed by atoms with E-state index in [1.54, 1.807) is 0 Å². The van der Waals surface area contributed by atoms with Crippen LogP contribution in [0.25, 0.3) is 0 Å². The van der Waals surface area contributed by atoms with Crippen molar-refractivity contribution in [1.82, 2.24) is 10.2 Å². The third kappa shape index (κ3) is 3.19. The van der Waals surface area contributed by atoms with Crippen LogP contribution >= 0.6 is 0 Å². The van der Waals surface area contributed by atoms with Crippen molar-refractivity contribution in [3.8, 4) is 0 Å². The molecule has 2 fully saturated rings. The Morgan fingerprint density at radius 1 is 1.44 bits per heavy atom. The Morgan fingerprint density at radius 2 is 2.19 bits per heavy atom. The third-order valence-electron chi connectivity index (χ3n) is 3.99. The van der Waals surface area contributed by atoms with E-state index in [1.807, 2.05) is 0 Å². The molecule has 1 aliphatic heterocycles. The molecule has 1 heterocycles. The summed E-state index contributed by atoms with van der Waals surface area (Å²) in [5, 5.41) is 3.65. The lowest BCUT2D eigenvalue weighted by atomic mass is 10.0. The second-order valence-electron chi connectivity index (χ2n) is 5.93. The Morgan fingerprint density at radius 3 is 2.81 bits per heavy atom. The van der Waals surface area contributed by atoms with Crippen LogP contribution in [0.3, 0.4) is 0 Å². The Labute approximate surface area is 99.5 Å².